The van der Waals surface area contributed by atoms with Crippen molar-refractivity contribution in [3.63, 3.8) is 0 Å². The second-order valence-corrected chi connectivity index (χ2v) is 12.4. The molecule has 2 heterocycles. The molecular weight excluding hydrogens is 698 g/mol. The molecule has 0 aromatic rings. The van der Waals surface area contributed by atoms with E-state index in [0.717, 1.165) is 0 Å². The van der Waals surface area contributed by atoms with Crippen LogP contribution in [-0.4, -0.2) is 220 Å². The first kappa shape index (κ1) is 43.7. The van der Waals surface area contributed by atoms with E-state index in [1.54, 1.807) is 0 Å². The van der Waals surface area contributed by atoms with Gasteiger partial charge < -0.3 is 95.4 Å². The maximum Gasteiger partial charge on any atom is 0.394 e. The lowest BCUT2D eigenvalue weighted by Gasteiger charge is -2.48. The highest BCUT2D eigenvalue weighted by Gasteiger charge is 2.52. The number of ether oxygens (including phenoxy) is 4. The van der Waals surface area contributed by atoms with Gasteiger partial charge in [0.25, 0.3) is 0 Å². The lowest BCUT2D eigenvalue weighted by molar-refractivity contribution is -0.361. The summed E-state index contributed by atoms with van der Waals surface area (Å²) >= 11 is 0. The number of hydrogen-bond donors (Lipinski definition) is 16. The fraction of sp³-hybridized carbons (Fsp3) is 0.880. The molecule has 0 amide bonds. The van der Waals surface area contributed by atoms with E-state index in [-0.39, 0.29) is 11.9 Å². The Bertz CT molecular complexity index is 1150. The Morgan fingerprint density at radius 2 is 1.45 bits per heavy atom. The predicted molar refractivity (Wildman–Crippen MR) is 153 cm³/mol. The Morgan fingerprint density at radius 1 is 0.878 bits per heavy atom. The molecule has 2 saturated heterocycles. The van der Waals surface area contributed by atoms with Gasteiger partial charge in [0.05, 0.1) is 38.0 Å². The molecule has 18 atom stereocenters. The van der Waals surface area contributed by atoms with E-state index in [1.807, 2.05) is 0 Å². The van der Waals surface area contributed by atoms with Crippen molar-refractivity contribution in [1.82, 2.24) is 5.32 Å². The van der Waals surface area contributed by atoms with Gasteiger partial charge in [0.15, 0.2) is 18.9 Å². The average molecular weight is 744 g/mol. The van der Waals surface area contributed by atoms with Crippen LogP contribution in [0.5, 0.6) is 0 Å². The maximum absolute atomic E-state index is 10.9. The summed E-state index contributed by atoms with van der Waals surface area (Å²) in [5.74, 6) is 0. The Kier molecular flexibility index (Phi) is 16.8. The molecule has 3 rings (SSSR count). The van der Waals surface area contributed by atoms with Gasteiger partial charge in [0, 0.05) is 0 Å². The smallest absolute Gasteiger partial charge is 0.394 e. The Morgan fingerprint density at radius 3 is 1.96 bits per heavy atom. The third kappa shape index (κ3) is 11.3. The molecule has 0 unspecified atom stereocenters. The normalized spacial score (nSPS) is 41.0. The van der Waals surface area contributed by atoms with Crippen LogP contribution in [0.1, 0.15) is 6.92 Å². The molecule has 0 aromatic carbocycles. The van der Waals surface area contributed by atoms with Crippen molar-refractivity contribution < 1.29 is 108 Å². The van der Waals surface area contributed by atoms with Gasteiger partial charge in [-0.25, -0.2) is 0 Å². The lowest BCUT2D eigenvalue weighted by Crippen LogP contribution is -2.68. The average Bonchev–Trinajstić information content (AvgIpc) is 3.05. The van der Waals surface area contributed by atoms with E-state index < -0.39 is 140 Å². The zero-order valence-electron chi connectivity index (χ0n) is 25.6. The monoisotopic (exact) mass is 743 g/mol. The van der Waals surface area contributed by atoms with E-state index in [2.05, 4.69) is 5.32 Å². The van der Waals surface area contributed by atoms with Gasteiger partial charge in [-0.15, -0.1) is 0 Å². The van der Waals surface area contributed by atoms with Gasteiger partial charge in [-0.05, 0) is 12.5 Å². The minimum atomic E-state index is -4.67. The van der Waals surface area contributed by atoms with Crippen molar-refractivity contribution in [2.45, 2.75) is 117 Å². The largest absolute Gasteiger partial charge is 0.394 e. The fourth-order valence-electron chi connectivity index (χ4n) is 5.36. The van der Waals surface area contributed by atoms with E-state index in [1.165, 1.54) is 13.0 Å². The number of carbonyl (C=O) groups excluding carboxylic acids is 1. The molecule has 288 valence electrons. The second kappa shape index (κ2) is 18.9. The summed E-state index contributed by atoms with van der Waals surface area (Å²) < 4.78 is 53.6. The Labute approximate surface area is 278 Å². The van der Waals surface area contributed by atoms with Gasteiger partial charge >= 0.3 is 10.4 Å². The molecular formula is C25H45NO22S. The van der Waals surface area contributed by atoms with Crippen LogP contribution in [0.3, 0.4) is 0 Å². The third-order valence-corrected chi connectivity index (χ3v) is 8.03. The van der Waals surface area contributed by atoms with E-state index in [4.69, 9.17) is 36.5 Å². The van der Waals surface area contributed by atoms with Crippen LogP contribution in [0.2, 0.25) is 0 Å². The molecule has 2 fully saturated rings. The minimum Gasteiger partial charge on any atom is -0.394 e. The topological polar surface area (TPSA) is 404 Å². The first-order valence-electron chi connectivity index (χ1n) is 14.6. The zero-order chi connectivity index (χ0) is 37.5. The van der Waals surface area contributed by atoms with E-state index >= 15 is 0 Å². The van der Waals surface area contributed by atoms with Crippen LogP contribution < -0.4 is 5.32 Å². The quantitative estimate of drug-likeness (QED) is 0.0473. The standard InChI is InChI=1S/C25H43NO18.H2O4S/c1-7-13(26-9-2-8(3-27)14(33)18(37)15(9)34)17(36)20(39)24(41-7)44-23-12(6-30)42-25(21(40)19(23)38)43-22(11(32)5-29)16(35)10(31)4-28;1-5(2,3)4/h2,4,7,9-27,29-40H,3,5-6H2,1H3;(H2,1,2,3,4)/t7-,9+,10+,11-,12-,13-,14-,15+,16-,17+,18+,19-,20-,21-,22-,23-,24-,25-;/m1./s1. The SMILES string of the molecule is C[C@H]1O[C@H](O[C@H]2[C@H](O)[C@@H](O)[C@@H](O[C@@H]([C@H](O)[C@@H](O)C=O)[C@H](O)CO)O[C@@H]2CO)[C@H](O)[C@@H](O)[C@@H]1N[C@H]1C=C(CO)[C@@H](O)[C@H](O)[C@H]1O.O=S(=O)(O)O. The van der Waals surface area contributed by atoms with Gasteiger partial charge in [0.1, 0.15) is 79.4 Å². The molecule has 49 heavy (non-hydrogen) atoms. The zero-order valence-corrected chi connectivity index (χ0v) is 26.5. The van der Waals surface area contributed by atoms with Crippen LogP contribution in [0.25, 0.3) is 0 Å². The molecule has 23 nitrogen and oxygen atoms in total. The van der Waals surface area contributed by atoms with Crippen molar-refractivity contribution in [1.29, 1.82) is 0 Å². The number of aliphatic hydroxyl groups is 13. The van der Waals surface area contributed by atoms with Crippen LogP contribution in [0.15, 0.2) is 11.6 Å². The second-order valence-electron chi connectivity index (χ2n) is 11.5. The van der Waals surface area contributed by atoms with Gasteiger partial charge in [0.2, 0.25) is 0 Å². The predicted octanol–water partition coefficient (Wildman–Crippen LogP) is -9.37. The molecule has 0 bridgehead atoms. The summed E-state index contributed by atoms with van der Waals surface area (Å²) in [5, 5.41) is 135. The third-order valence-electron chi connectivity index (χ3n) is 8.03. The van der Waals surface area contributed by atoms with Crippen molar-refractivity contribution >= 4 is 16.7 Å². The van der Waals surface area contributed by atoms with Gasteiger partial charge in [-0.3, -0.25) is 9.11 Å². The first-order chi connectivity index (χ1) is 22.7. The lowest BCUT2D eigenvalue weighted by atomic mass is 9.86. The molecule has 16 N–H and O–H groups in total. The number of aliphatic hydroxyl groups excluding tert-OH is 13. The summed E-state index contributed by atoms with van der Waals surface area (Å²) in [5.41, 5.74) is 0.00900. The number of aldehydes is 1. The van der Waals surface area contributed by atoms with Crippen molar-refractivity contribution in [3.05, 3.63) is 11.6 Å². The summed E-state index contributed by atoms with van der Waals surface area (Å²) in [6.07, 6.45) is -26.8. The molecule has 3 aliphatic rings. The number of carbonyl (C=O) groups is 1. The van der Waals surface area contributed by atoms with Crippen LogP contribution >= 0.6 is 0 Å². The van der Waals surface area contributed by atoms with Crippen LogP contribution in [0, 0.1) is 0 Å². The molecule has 0 saturated carbocycles. The highest BCUT2D eigenvalue weighted by molar-refractivity contribution is 7.79. The summed E-state index contributed by atoms with van der Waals surface area (Å²) in [6, 6.07) is -2.21. The number of hydrogen-bond acceptors (Lipinski definition) is 21. The van der Waals surface area contributed by atoms with Gasteiger partial charge in [-0.2, -0.15) is 8.42 Å². The molecule has 0 spiro atoms. The van der Waals surface area contributed by atoms with E-state index in [0.29, 0.717) is 0 Å². The van der Waals surface area contributed by atoms with Crippen molar-refractivity contribution in [2.75, 3.05) is 19.8 Å². The van der Waals surface area contributed by atoms with Crippen molar-refractivity contribution in [3.8, 4) is 0 Å². The maximum atomic E-state index is 10.9. The Hall–Kier alpha value is -1.44. The highest BCUT2D eigenvalue weighted by Crippen LogP contribution is 2.31. The number of nitrogens with one attached hydrogen (secondary N) is 1. The van der Waals surface area contributed by atoms with Gasteiger partial charge in [-0.1, -0.05) is 6.08 Å². The molecule has 0 radical (unpaired) electrons. The van der Waals surface area contributed by atoms with Crippen LogP contribution in [-0.2, 0) is 34.1 Å². The van der Waals surface area contributed by atoms with Crippen LogP contribution in [0.4, 0.5) is 0 Å². The molecule has 1 aliphatic carbocycles. The van der Waals surface area contributed by atoms with E-state index in [9.17, 15) is 71.2 Å². The summed E-state index contributed by atoms with van der Waals surface area (Å²) in [6.45, 7) is -1.08. The minimum absolute atomic E-state index is 0.00900. The summed E-state index contributed by atoms with van der Waals surface area (Å²) in [4.78, 5) is 10.9. The first-order valence-corrected chi connectivity index (χ1v) is 16.0. The number of rotatable bonds is 13. The van der Waals surface area contributed by atoms with Crippen molar-refractivity contribution in [2.24, 2.45) is 0 Å². The summed E-state index contributed by atoms with van der Waals surface area (Å²) in [7, 11) is -4.67. The highest BCUT2D eigenvalue weighted by atomic mass is 32.3. The molecule has 24 heteroatoms. The fourth-order valence-corrected chi connectivity index (χ4v) is 5.36. The molecule has 2 aliphatic heterocycles. The molecule has 0 aromatic heterocycles. The Balaban J connectivity index is 0.00000155.